The van der Waals surface area contributed by atoms with E-state index in [1.54, 1.807) is 18.2 Å². The Bertz CT molecular complexity index is 527. The van der Waals surface area contributed by atoms with E-state index in [-0.39, 0.29) is 12.4 Å². The quantitative estimate of drug-likeness (QED) is 0.720. The van der Waals surface area contributed by atoms with Crippen molar-refractivity contribution in [1.29, 1.82) is 0 Å². The van der Waals surface area contributed by atoms with Crippen molar-refractivity contribution in [3.05, 3.63) is 41.5 Å². The highest BCUT2D eigenvalue weighted by molar-refractivity contribution is 5.20. The average molecular weight is 216 g/mol. The molecule has 0 aliphatic heterocycles. The molecule has 0 amide bonds. The van der Waals surface area contributed by atoms with Crippen molar-refractivity contribution in [3.8, 4) is 12.3 Å². The molecule has 0 aliphatic rings. The number of halogens is 1. The van der Waals surface area contributed by atoms with E-state index in [1.165, 1.54) is 10.7 Å². The molecule has 16 heavy (non-hydrogen) atoms. The first-order valence-electron chi connectivity index (χ1n) is 4.73. The second-order valence-electron chi connectivity index (χ2n) is 3.23. The summed E-state index contributed by atoms with van der Waals surface area (Å²) in [6.45, 7) is 0.288. The first-order chi connectivity index (χ1) is 7.81. The Hall–Kier alpha value is -2.22. The number of terminal acetylenes is 1. The van der Waals surface area contributed by atoms with Crippen molar-refractivity contribution in [2.24, 2.45) is 0 Å². The lowest BCUT2D eigenvalue weighted by atomic mass is 10.1. The lowest BCUT2D eigenvalue weighted by Gasteiger charge is -2.02. The molecule has 80 valence electrons. The van der Waals surface area contributed by atoms with Crippen LogP contribution in [0.2, 0.25) is 0 Å². The van der Waals surface area contributed by atoms with Crippen LogP contribution < -0.4 is 0 Å². The molecule has 0 spiro atoms. The Morgan fingerprint density at radius 2 is 2.19 bits per heavy atom. The van der Waals surface area contributed by atoms with Crippen molar-refractivity contribution in [1.82, 2.24) is 20.2 Å². The first kappa shape index (κ1) is 10.3. The van der Waals surface area contributed by atoms with Gasteiger partial charge in [-0.15, -0.1) is 11.5 Å². The molecule has 2 rings (SSSR count). The van der Waals surface area contributed by atoms with Gasteiger partial charge in [-0.3, -0.25) is 0 Å². The highest BCUT2D eigenvalue weighted by Gasteiger charge is 2.08. The summed E-state index contributed by atoms with van der Waals surface area (Å²) in [7, 11) is 0. The van der Waals surface area contributed by atoms with Gasteiger partial charge in [0.2, 0.25) is 0 Å². The van der Waals surface area contributed by atoms with E-state index < -0.39 is 0 Å². The maximum absolute atomic E-state index is 13.4. The van der Waals surface area contributed by atoms with Crippen LogP contribution in [0, 0.1) is 18.2 Å². The monoisotopic (exact) mass is 216 g/mol. The Kier molecular flexibility index (Phi) is 2.92. The number of nitrogens with zero attached hydrogens (tertiary/aromatic N) is 4. The number of hydrogen-bond donors (Lipinski definition) is 0. The number of aromatic nitrogens is 4. The number of tetrazole rings is 1. The summed E-state index contributed by atoms with van der Waals surface area (Å²) in [6.07, 6.45) is 5.51. The molecule has 0 fully saturated rings. The SMILES string of the molecule is C#CCn1nnnc1Cc1ccccc1F. The van der Waals surface area contributed by atoms with Gasteiger partial charge in [-0.05, 0) is 22.1 Å². The zero-order valence-electron chi connectivity index (χ0n) is 8.47. The maximum atomic E-state index is 13.4. The lowest BCUT2D eigenvalue weighted by molar-refractivity contribution is 0.603. The van der Waals surface area contributed by atoms with Gasteiger partial charge in [0, 0.05) is 6.42 Å². The van der Waals surface area contributed by atoms with E-state index in [0.29, 0.717) is 17.8 Å². The zero-order chi connectivity index (χ0) is 11.4. The van der Waals surface area contributed by atoms with E-state index in [1.807, 2.05) is 0 Å². The molecule has 1 aromatic carbocycles. The van der Waals surface area contributed by atoms with E-state index >= 15 is 0 Å². The predicted octanol–water partition coefficient (Wildman–Crippen LogP) is 1.04. The summed E-state index contributed by atoms with van der Waals surface area (Å²) in [4.78, 5) is 0. The van der Waals surface area contributed by atoms with Crippen molar-refractivity contribution >= 4 is 0 Å². The standard InChI is InChI=1S/C11H9FN4/c1-2-7-16-11(13-14-15-16)8-9-5-3-4-6-10(9)12/h1,3-6H,7-8H2. The molecule has 0 radical (unpaired) electrons. The second kappa shape index (κ2) is 4.53. The second-order valence-corrected chi connectivity index (χ2v) is 3.23. The molecule has 0 saturated heterocycles. The highest BCUT2D eigenvalue weighted by atomic mass is 19.1. The highest BCUT2D eigenvalue weighted by Crippen LogP contribution is 2.10. The summed E-state index contributed by atoms with van der Waals surface area (Å²) >= 11 is 0. The van der Waals surface area contributed by atoms with Crippen molar-refractivity contribution in [2.45, 2.75) is 13.0 Å². The molecular weight excluding hydrogens is 207 g/mol. The normalized spacial score (nSPS) is 10.0. The van der Waals surface area contributed by atoms with Gasteiger partial charge in [0.05, 0.1) is 0 Å². The summed E-state index contributed by atoms with van der Waals surface area (Å²) in [6, 6.07) is 6.52. The number of rotatable bonds is 3. The maximum Gasteiger partial charge on any atom is 0.156 e. The predicted molar refractivity (Wildman–Crippen MR) is 55.9 cm³/mol. The lowest BCUT2D eigenvalue weighted by Crippen LogP contribution is -2.06. The first-order valence-corrected chi connectivity index (χ1v) is 4.73. The average Bonchev–Trinajstić information content (AvgIpc) is 2.70. The Morgan fingerprint density at radius 1 is 1.38 bits per heavy atom. The van der Waals surface area contributed by atoms with E-state index in [2.05, 4.69) is 21.4 Å². The third-order valence-corrected chi connectivity index (χ3v) is 2.15. The van der Waals surface area contributed by atoms with Crippen LogP contribution in [0.1, 0.15) is 11.4 Å². The van der Waals surface area contributed by atoms with Gasteiger partial charge in [-0.2, -0.15) is 0 Å². The van der Waals surface area contributed by atoms with Gasteiger partial charge in [-0.1, -0.05) is 24.1 Å². The van der Waals surface area contributed by atoms with Crippen LogP contribution in [0.25, 0.3) is 0 Å². The van der Waals surface area contributed by atoms with E-state index in [9.17, 15) is 4.39 Å². The molecule has 0 N–H and O–H groups in total. The Balaban J connectivity index is 2.24. The van der Waals surface area contributed by atoms with Crippen LogP contribution >= 0.6 is 0 Å². The van der Waals surface area contributed by atoms with Gasteiger partial charge in [0.1, 0.15) is 12.4 Å². The van der Waals surface area contributed by atoms with E-state index in [4.69, 9.17) is 6.42 Å². The fourth-order valence-electron chi connectivity index (χ4n) is 1.37. The summed E-state index contributed by atoms with van der Waals surface area (Å²) < 4.78 is 14.9. The van der Waals surface area contributed by atoms with Gasteiger partial charge in [0.25, 0.3) is 0 Å². The smallest absolute Gasteiger partial charge is 0.156 e. The molecule has 0 bridgehead atoms. The van der Waals surface area contributed by atoms with Crippen LogP contribution in [0.3, 0.4) is 0 Å². The third-order valence-electron chi connectivity index (χ3n) is 2.15. The molecule has 1 heterocycles. The van der Waals surface area contributed by atoms with Gasteiger partial charge >= 0.3 is 0 Å². The largest absolute Gasteiger partial charge is 0.217 e. The van der Waals surface area contributed by atoms with Crippen molar-refractivity contribution < 1.29 is 4.39 Å². The van der Waals surface area contributed by atoms with Crippen LogP contribution in [-0.2, 0) is 13.0 Å². The molecule has 0 aliphatic carbocycles. The molecule has 0 saturated carbocycles. The molecule has 0 atom stereocenters. The minimum atomic E-state index is -0.266. The van der Waals surface area contributed by atoms with Crippen LogP contribution in [0.4, 0.5) is 4.39 Å². The fraction of sp³-hybridized carbons (Fsp3) is 0.182. The minimum absolute atomic E-state index is 0.266. The van der Waals surface area contributed by atoms with Crippen LogP contribution in [0.15, 0.2) is 24.3 Å². The van der Waals surface area contributed by atoms with E-state index in [0.717, 1.165) is 0 Å². The number of hydrogen-bond acceptors (Lipinski definition) is 3. The fourth-order valence-corrected chi connectivity index (χ4v) is 1.37. The molecule has 2 aromatic rings. The van der Waals surface area contributed by atoms with Gasteiger partial charge in [0.15, 0.2) is 5.82 Å². The summed E-state index contributed by atoms with van der Waals surface area (Å²) in [5.74, 6) is 2.73. The Labute approximate surface area is 92.1 Å². The summed E-state index contributed by atoms with van der Waals surface area (Å²) in [5.41, 5.74) is 0.551. The Morgan fingerprint density at radius 3 is 2.94 bits per heavy atom. The molecule has 4 nitrogen and oxygen atoms in total. The van der Waals surface area contributed by atoms with Gasteiger partial charge in [-0.25, -0.2) is 9.07 Å². The number of benzene rings is 1. The molecule has 0 unspecified atom stereocenters. The van der Waals surface area contributed by atoms with Crippen LogP contribution in [0.5, 0.6) is 0 Å². The molecule has 1 aromatic heterocycles. The third kappa shape index (κ3) is 2.06. The van der Waals surface area contributed by atoms with Gasteiger partial charge < -0.3 is 0 Å². The van der Waals surface area contributed by atoms with Crippen LogP contribution in [-0.4, -0.2) is 20.2 Å². The van der Waals surface area contributed by atoms with Crippen molar-refractivity contribution in [2.75, 3.05) is 0 Å². The topological polar surface area (TPSA) is 43.6 Å². The molecular formula is C11H9FN4. The minimum Gasteiger partial charge on any atom is -0.217 e. The molecule has 5 heteroatoms. The summed E-state index contributed by atoms with van der Waals surface area (Å²) in [5, 5.41) is 11.0. The van der Waals surface area contributed by atoms with Crippen molar-refractivity contribution in [3.63, 3.8) is 0 Å². The zero-order valence-corrected chi connectivity index (χ0v) is 8.47.